The predicted octanol–water partition coefficient (Wildman–Crippen LogP) is 1.80. The minimum atomic E-state index is -0.477. The molecule has 1 aliphatic heterocycles. The Kier molecular flexibility index (Phi) is 3.80. The number of amides is 1. The summed E-state index contributed by atoms with van der Waals surface area (Å²) in [5.74, 6) is 0. The average Bonchev–Trinajstić information content (AvgIpc) is 2.89. The van der Waals surface area contributed by atoms with Crippen molar-refractivity contribution in [3.63, 3.8) is 0 Å². The number of rotatable bonds is 4. The number of nitrogens with one attached hydrogen (secondary N) is 1. The fourth-order valence-electron chi connectivity index (χ4n) is 3.11. The van der Waals surface area contributed by atoms with Crippen LogP contribution in [0.15, 0.2) is 0 Å². The van der Waals surface area contributed by atoms with Gasteiger partial charge in [0.1, 0.15) is 5.60 Å². The molecule has 1 amide bonds. The summed E-state index contributed by atoms with van der Waals surface area (Å²) in [6.07, 6.45) is 3.67. The molecule has 1 atom stereocenters. The van der Waals surface area contributed by atoms with E-state index in [2.05, 4.69) is 5.32 Å². The minimum Gasteiger partial charge on any atom is -0.444 e. The molecule has 0 radical (unpaired) electrons. The number of nitrogens with two attached hydrogens (primary N) is 1. The van der Waals surface area contributed by atoms with Crippen LogP contribution >= 0.6 is 0 Å². The second-order valence-corrected chi connectivity index (χ2v) is 6.83. The molecule has 2 aliphatic rings. The Morgan fingerprint density at radius 2 is 2.05 bits per heavy atom. The number of carbonyl (C=O) groups excluding carboxylic acids is 1. The molecule has 19 heavy (non-hydrogen) atoms. The van der Waals surface area contributed by atoms with Crippen LogP contribution in [0.5, 0.6) is 0 Å². The first-order valence-corrected chi connectivity index (χ1v) is 7.12. The Balaban J connectivity index is 2.06. The first kappa shape index (κ1) is 14.6. The summed E-state index contributed by atoms with van der Waals surface area (Å²) in [4.78, 5) is 12.1. The summed E-state index contributed by atoms with van der Waals surface area (Å²) in [6, 6.07) is 0. The molecule has 1 saturated carbocycles. The lowest BCUT2D eigenvalue weighted by molar-refractivity contribution is 0.0351. The third-order valence-electron chi connectivity index (χ3n) is 4.25. The summed E-state index contributed by atoms with van der Waals surface area (Å²) in [5.41, 5.74) is 5.09. The van der Waals surface area contributed by atoms with Gasteiger partial charge in [0.05, 0.1) is 12.1 Å². The molecule has 2 fully saturated rings. The molecule has 0 aromatic rings. The van der Waals surface area contributed by atoms with Crippen LogP contribution in [-0.4, -0.2) is 37.0 Å². The van der Waals surface area contributed by atoms with Gasteiger partial charge in [-0.25, -0.2) is 4.79 Å². The van der Waals surface area contributed by atoms with Gasteiger partial charge in [0.25, 0.3) is 0 Å². The van der Waals surface area contributed by atoms with Gasteiger partial charge in [0.15, 0.2) is 0 Å². The van der Waals surface area contributed by atoms with E-state index < -0.39 is 5.60 Å². The van der Waals surface area contributed by atoms with Crippen LogP contribution in [0.25, 0.3) is 0 Å². The van der Waals surface area contributed by atoms with Crippen molar-refractivity contribution in [2.24, 2.45) is 11.1 Å². The van der Waals surface area contributed by atoms with E-state index in [4.69, 9.17) is 15.2 Å². The molecular formula is C14H26N2O3. The topological polar surface area (TPSA) is 73.6 Å². The smallest absolute Gasteiger partial charge is 0.408 e. The molecule has 0 bridgehead atoms. The predicted molar refractivity (Wildman–Crippen MR) is 72.9 cm³/mol. The van der Waals surface area contributed by atoms with E-state index in [9.17, 15) is 4.79 Å². The van der Waals surface area contributed by atoms with E-state index in [-0.39, 0.29) is 17.0 Å². The lowest BCUT2D eigenvalue weighted by Crippen LogP contribution is -2.57. The summed E-state index contributed by atoms with van der Waals surface area (Å²) >= 11 is 0. The number of carbonyl (C=O) groups is 1. The summed E-state index contributed by atoms with van der Waals surface area (Å²) < 4.78 is 10.9. The first-order chi connectivity index (χ1) is 8.83. The van der Waals surface area contributed by atoms with Crippen molar-refractivity contribution >= 4 is 6.09 Å². The second kappa shape index (κ2) is 4.94. The number of hydrogen-bond acceptors (Lipinski definition) is 4. The highest BCUT2D eigenvalue weighted by atomic mass is 16.6. The first-order valence-electron chi connectivity index (χ1n) is 7.12. The lowest BCUT2D eigenvalue weighted by Gasteiger charge is -2.38. The SMILES string of the molecule is CC(C)(C)OC(=O)NC1(C2(CCN)CC2)CCOC1. The Morgan fingerprint density at radius 3 is 2.47 bits per heavy atom. The highest BCUT2D eigenvalue weighted by molar-refractivity contribution is 5.69. The zero-order chi connectivity index (χ0) is 14.1. The summed E-state index contributed by atoms with van der Waals surface area (Å²) in [7, 11) is 0. The molecule has 1 unspecified atom stereocenters. The molecule has 0 spiro atoms. The minimum absolute atomic E-state index is 0.120. The lowest BCUT2D eigenvalue weighted by atomic mass is 9.77. The molecule has 5 nitrogen and oxygen atoms in total. The van der Waals surface area contributed by atoms with E-state index >= 15 is 0 Å². The van der Waals surface area contributed by atoms with E-state index in [0.29, 0.717) is 19.8 Å². The molecule has 2 rings (SSSR count). The van der Waals surface area contributed by atoms with E-state index in [1.54, 1.807) is 0 Å². The van der Waals surface area contributed by atoms with Crippen LogP contribution in [0.2, 0.25) is 0 Å². The van der Waals surface area contributed by atoms with Gasteiger partial charge >= 0.3 is 6.09 Å². The van der Waals surface area contributed by atoms with Crippen LogP contribution in [0.4, 0.5) is 4.79 Å². The molecule has 1 saturated heterocycles. The molecule has 0 aromatic heterocycles. The molecular weight excluding hydrogens is 244 g/mol. The Hall–Kier alpha value is -0.810. The standard InChI is InChI=1S/C14H26N2O3/c1-12(2,3)19-11(17)16-14(7-9-18-10-14)13(4-5-13)6-8-15/h4-10,15H2,1-3H3,(H,16,17). The summed E-state index contributed by atoms with van der Waals surface area (Å²) in [5, 5.41) is 3.09. The van der Waals surface area contributed by atoms with Crippen molar-refractivity contribution in [3.8, 4) is 0 Å². The van der Waals surface area contributed by atoms with Crippen molar-refractivity contribution in [1.82, 2.24) is 5.32 Å². The van der Waals surface area contributed by atoms with Crippen molar-refractivity contribution in [3.05, 3.63) is 0 Å². The average molecular weight is 270 g/mol. The molecule has 110 valence electrons. The molecule has 1 aliphatic carbocycles. The third kappa shape index (κ3) is 3.03. The van der Waals surface area contributed by atoms with Crippen LogP contribution in [-0.2, 0) is 9.47 Å². The monoisotopic (exact) mass is 270 g/mol. The van der Waals surface area contributed by atoms with Crippen molar-refractivity contribution in [1.29, 1.82) is 0 Å². The van der Waals surface area contributed by atoms with Gasteiger partial charge in [-0.15, -0.1) is 0 Å². The van der Waals surface area contributed by atoms with Crippen molar-refractivity contribution in [2.45, 2.75) is 57.6 Å². The number of ether oxygens (including phenoxy) is 2. The van der Waals surface area contributed by atoms with Gasteiger partial charge < -0.3 is 20.5 Å². The number of alkyl carbamates (subject to hydrolysis) is 1. The Morgan fingerprint density at radius 1 is 1.37 bits per heavy atom. The number of hydrogen-bond donors (Lipinski definition) is 2. The largest absolute Gasteiger partial charge is 0.444 e. The maximum atomic E-state index is 12.1. The quantitative estimate of drug-likeness (QED) is 0.817. The van der Waals surface area contributed by atoms with E-state index in [1.807, 2.05) is 20.8 Å². The van der Waals surface area contributed by atoms with E-state index in [0.717, 1.165) is 25.7 Å². The van der Waals surface area contributed by atoms with Gasteiger partial charge in [0, 0.05) is 6.61 Å². The van der Waals surface area contributed by atoms with Crippen LogP contribution in [0.1, 0.15) is 46.5 Å². The maximum Gasteiger partial charge on any atom is 0.408 e. The van der Waals surface area contributed by atoms with Gasteiger partial charge in [-0.2, -0.15) is 0 Å². The van der Waals surface area contributed by atoms with Crippen LogP contribution in [0, 0.1) is 5.41 Å². The third-order valence-corrected chi connectivity index (χ3v) is 4.25. The fourth-order valence-corrected chi connectivity index (χ4v) is 3.11. The Bertz CT molecular complexity index is 339. The van der Waals surface area contributed by atoms with Crippen molar-refractivity contribution < 1.29 is 14.3 Å². The molecule has 5 heteroatoms. The maximum absolute atomic E-state index is 12.1. The van der Waals surface area contributed by atoms with Crippen LogP contribution < -0.4 is 11.1 Å². The fraction of sp³-hybridized carbons (Fsp3) is 0.929. The van der Waals surface area contributed by atoms with Gasteiger partial charge in [-0.1, -0.05) is 0 Å². The molecule has 3 N–H and O–H groups in total. The van der Waals surface area contributed by atoms with Crippen LogP contribution in [0.3, 0.4) is 0 Å². The van der Waals surface area contributed by atoms with Gasteiger partial charge in [-0.3, -0.25) is 0 Å². The van der Waals surface area contributed by atoms with Crippen molar-refractivity contribution in [2.75, 3.05) is 19.8 Å². The molecule has 1 heterocycles. The molecule has 0 aromatic carbocycles. The normalized spacial score (nSPS) is 29.1. The highest BCUT2D eigenvalue weighted by Crippen LogP contribution is 2.59. The zero-order valence-electron chi connectivity index (χ0n) is 12.3. The summed E-state index contributed by atoms with van der Waals surface area (Å²) in [6.45, 7) is 7.54. The second-order valence-electron chi connectivity index (χ2n) is 6.83. The van der Waals surface area contributed by atoms with Gasteiger partial charge in [-0.05, 0) is 58.4 Å². The zero-order valence-corrected chi connectivity index (χ0v) is 12.3. The Labute approximate surface area is 115 Å². The van der Waals surface area contributed by atoms with E-state index in [1.165, 1.54) is 0 Å². The highest BCUT2D eigenvalue weighted by Gasteiger charge is 2.61. The van der Waals surface area contributed by atoms with Gasteiger partial charge in [0.2, 0.25) is 0 Å².